The molecule has 1 aromatic heterocycles. The number of anilines is 1. The molecule has 2 aliphatic rings. The van der Waals surface area contributed by atoms with Crippen LogP contribution in [0.15, 0.2) is 24.3 Å². The van der Waals surface area contributed by atoms with Crippen LogP contribution in [0.4, 0.5) is 11.4 Å². The molecule has 162 valence electrons. The maximum absolute atomic E-state index is 10.9. The van der Waals surface area contributed by atoms with E-state index < -0.39 is 0 Å². The predicted molar refractivity (Wildman–Crippen MR) is 114 cm³/mol. The minimum atomic E-state index is -0.356. The average Bonchev–Trinajstić information content (AvgIpc) is 3.24. The Hall–Kier alpha value is -2.55. The predicted octanol–water partition coefficient (Wildman–Crippen LogP) is 3.61. The summed E-state index contributed by atoms with van der Waals surface area (Å²) in [6.07, 6.45) is 6.15. The SMILES string of the molecule is CC(C)[C@H](c1nnnn1C1CCCCC1)N1CCN(c2ccc([N+](=O)[O-])cc2)CC1. The van der Waals surface area contributed by atoms with Gasteiger partial charge < -0.3 is 4.90 Å². The highest BCUT2D eigenvalue weighted by Gasteiger charge is 2.33. The Bertz CT molecular complexity index is 837. The van der Waals surface area contributed by atoms with E-state index in [1.165, 1.54) is 19.3 Å². The van der Waals surface area contributed by atoms with Crippen molar-refractivity contribution in [3.63, 3.8) is 0 Å². The number of rotatable bonds is 6. The Morgan fingerprint density at radius 3 is 2.30 bits per heavy atom. The molecule has 1 atom stereocenters. The third kappa shape index (κ3) is 4.30. The lowest BCUT2D eigenvalue weighted by Gasteiger charge is -2.41. The van der Waals surface area contributed by atoms with Gasteiger partial charge in [0.05, 0.1) is 17.0 Å². The van der Waals surface area contributed by atoms with E-state index in [1.807, 2.05) is 12.1 Å². The van der Waals surface area contributed by atoms with E-state index in [4.69, 9.17) is 0 Å². The molecule has 1 aromatic carbocycles. The molecule has 0 N–H and O–H groups in total. The van der Waals surface area contributed by atoms with Gasteiger partial charge in [-0.25, -0.2) is 4.68 Å². The Morgan fingerprint density at radius 2 is 1.70 bits per heavy atom. The summed E-state index contributed by atoms with van der Waals surface area (Å²) in [5.74, 6) is 1.41. The van der Waals surface area contributed by atoms with Crippen LogP contribution in [-0.2, 0) is 0 Å². The van der Waals surface area contributed by atoms with Gasteiger partial charge in [-0.2, -0.15) is 0 Å². The monoisotopic (exact) mass is 413 g/mol. The highest BCUT2D eigenvalue weighted by molar-refractivity contribution is 5.51. The molecule has 0 unspecified atom stereocenters. The van der Waals surface area contributed by atoms with Crippen molar-refractivity contribution in [2.45, 2.75) is 58.0 Å². The molecule has 4 rings (SSSR count). The van der Waals surface area contributed by atoms with Crippen molar-refractivity contribution in [3.05, 3.63) is 40.2 Å². The van der Waals surface area contributed by atoms with E-state index in [0.717, 1.165) is 50.5 Å². The number of nitro benzene ring substituents is 1. The molecule has 30 heavy (non-hydrogen) atoms. The second-order valence-electron chi connectivity index (χ2n) is 8.76. The third-order valence-electron chi connectivity index (χ3n) is 6.47. The second-order valence-corrected chi connectivity index (χ2v) is 8.76. The van der Waals surface area contributed by atoms with Crippen molar-refractivity contribution >= 4 is 11.4 Å². The summed E-state index contributed by atoms with van der Waals surface area (Å²) in [5.41, 5.74) is 1.17. The van der Waals surface area contributed by atoms with Gasteiger partial charge in [0.25, 0.3) is 5.69 Å². The summed E-state index contributed by atoms with van der Waals surface area (Å²) in [4.78, 5) is 15.3. The van der Waals surface area contributed by atoms with Gasteiger partial charge in [-0.05, 0) is 41.3 Å². The molecule has 1 aliphatic carbocycles. The number of nitro groups is 1. The molecular weight excluding hydrogens is 382 g/mol. The molecule has 2 heterocycles. The number of aromatic nitrogens is 4. The lowest BCUT2D eigenvalue weighted by atomic mass is 9.94. The van der Waals surface area contributed by atoms with Crippen LogP contribution in [0, 0.1) is 16.0 Å². The normalized spacial score (nSPS) is 19.9. The fourth-order valence-corrected chi connectivity index (χ4v) is 4.91. The third-order valence-corrected chi connectivity index (χ3v) is 6.47. The number of hydrogen-bond acceptors (Lipinski definition) is 7. The van der Waals surface area contributed by atoms with Crippen molar-refractivity contribution in [1.82, 2.24) is 25.1 Å². The highest BCUT2D eigenvalue weighted by Crippen LogP contribution is 2.34. The second kappa shape index (κ2) is 9.07. The van der Waals surface area contributed by atoms with Crippen LogP contribution >= 0.6 is 0 Å². The van der Waals surface area contributed by atoms with Gasteiger partial charge in [-0.15, -0.1) is 5.10 Å². The van der Waals surface area contributed by atoms with E-state index >= 15 is 0 Å². The van der Waals surface area contributed by atoms with Gasteiger partial charge >= 0.3 is 0 Å². The largest absolute Gasteiger partial charge is 0.369 e. The fraction of sp³-hybridized carbons (Fsp3) is 0.667. The van der Waals surface area contributed by atoms with Gasteiger partial charge in [-0.3, -0.25) is 15.0 Å². The summed E-state index contributed by atoms with van der Waals surface area (Å²) < 4.78 is 2.10. The van der Waals surface area contributed by atoms with Crippen molar-refractivity contribution < 1.29 is 4.92 Å². The summed E-state index contributed by atoms with van der Waals surface area (Å²) in [6.45, 7) is 8.08. The first-order valence-electron chi connectivity index (χ1n) is 11.1. The molecule has 0 amide bonds. The zero-order valence-electron chi connectivity index (χ0n) is 17.9. The maximum Gasteiger partial charge on any atom is 0.269 e. The average molecular weight is 414 g/mol. The lowest BCUT2D eigenvalue weighted by molar-refractivity contribution is -0.384. The molecule has 1 aliphatic heterocycles. The first-order valence-corrected chi connectivity index (χ1v) is 11.1. The molecule has 0 spiro atoms. The number of piperazine rings is 1. The molecule has 1 saturated heterocycles. The number of non-ortho nitro benzene ring substituents is 1. The minimum Gasteiger partial charge on any atom is -0.369 e. The van der Waals surface area contributed by atoms with Gasteiger partial charge in [0.2, 0.25) is 0 Å². The van der Waals surface area contributed by atoms with Gasteiger partial charge in [0.15, 0.2) is 5.82 Å². The van der Waals surface area contributed by atoms with Crippen LogP contribution in [0.25, 0.3) is 0 Å². The smallest absolute Gasteiger partial charge is 0.269 e. The van der Waals surface area contributed by atoms with Gasteiger partial charge in [0, 0.05) is 44.0 Å². The van der Waals surface area contributed by atoms with E-state index in [-0.39, 0.29) is 16.7 Å². The van der Waals surface area contributed by atoms with Crippen molar-refractivity contribution in [3.8, 4) is 0 Å². The quantitative estimate of drug-likeness (QED) is 0.527. The van der Waals surface area contributed by atoms with Crippen LogP contribution in [-0.4, -0.2) is 56.2 Å². The van der Waals surface area contributed by atoms with Gasteiger partial charge in [-0.1, -0.05) is 33.1 Å². The molecule has 1 saturated carbocycles. The van der Waals surface area contributed by atoms with Crippen molar-refractivity contribution in [2.75, 3.05) is 31.1 Å². The number of hydrogen-bond donors (Lipinski definition) is 0. The van der Waals surface area contributed by atoms with E-state index in [1.54, 1.807) is 12.1 Å². The molecule has 2 fully saturated rings. The molecule has 0 radical (unpaired) electrons. The summed E-state index contributed by atoms with van der Waals surface area (Å²) >= 11 is 0. The van der Waals surface area contributed by atoms with Crippen LogP contribution in [0.5, 0.6) is 0 Å². The first kappa shape index (κ1) is 20.7. The van der Waals surface area contributed by atoms with Crippen LogP contribution in [0.3, 0.4) is 0 Å². The standard InChI is InChI=1S/C21H31N7O2/c1-16(2)20(21-22-23-24-27(21)18-6-4-3-5-7-18)26-14-12-25(13-15-26)17-8-10-19(11-9-17)28(29)30/h8-11,16,18,20H,3-7,12-15H2,1-2H3/t20-/m1/s1. The fourth-order valence-electron chi connectivity index (χ4n) is 4.91. The number of nitrogens with zero attached hydrogens (tertiary/aromatic N) is 7. The zero-order valence-corrected chi connectivity index (χ0v) is 17.9. The molecule has 9 nitrogen and oxygen atoms in total. The number of benzene rings is 1. The zero-order chi connectivity index (χ0) is 21.1. The van der Waals surface area contributed by atoms with Crippen LogP contribution in [0.1, 0.15) is 63.9 Å². The summed E-state index contributed by atoms with van der Waals surface area (Å²) in [6, 6.07) is 7.47. The number of tetrazole rings is 1. The van der Waals surface area contributed by atoms with Crippen molar-refractivity contribution in [1.29, 1.82) is 0 Å². The molecule has 0 bridgehead atoms. The summed E-state index contributed by atoms with van der Waals surface area (Å²) in [5, 5.41) is 23.8. The molecule has 2 aromatic rings. The van der Waals surface area contributed by atoms with Crippen LogP contribution in [0.2, 0.25) is 0 Å². The summed E-state index contributed by atoms with van der Waals surface area (Å²) in [7, 11) is 0. The Labute approximate surface area is 177 Å². The van der Waals surface area contributed by atoms with E-state index in [9.17, 15) is 10.1 Å². The topological polar surface area (TPSA) is 93.2 Å². The van der Waals surface area contributed by atoms with Crippen LogP contribution < -0.4 is 4.90 Å². The first-order chi connectivity index (χ1) is 14.5. The Kier molecular flexibility index (Phi) is 6.26. The minimum absolute atomic E-state index is 0.131. The lowest BCUT2D eigenvalue weighted by Crippen LogP contribution is -2.49. The maximum atomic E-state index is 10.9. The van der Waals surface area contributed by atoms with Gasteiger partial charge in [0.1, 0.15) is 0 Å². The van der Waals surface area contributed by atoms with Crippen molar-refractivity contribution in [2.24, 2.45) is 5.92 Å². The van der Waals surface area contributed by atoms with E-state index in [0.29, 0.717) is 12.0 Å². The Morgan fingerprint density at radius 1 is 1.03 bits per heavy atom. The molecule has 9 heteroatoms. The molecular formula is C21H31N7O2. The Balaban J connectivity index is 1.46. The van der Waals surface area contributed by atoms with E-state index in [2.05, 4.69) is 43.9 Å². The highest BCUT2D eigenvalue weighted by atomic mass is 16.6.